The van der Waals surface area contributed by atoms with E-state index in [1.807, 2.05) is 0 Å². The van der Waals surface area contributed by atoms with Gasteiger partial charge in [0.15, 0.2) is 0 Å². The molecule has 0 aliphatic heterocycles. The first-order valence-electron chi connectivity index (χ1n) is 2.99. The van der Waals surface area contributed by atoms with Gasteiger partial charge in [-0.3, -0.25) is 0 Å². The van der Waals surface area contributed by atoms with E-state index in [1.54, 1.807) is 0 Å². The molecule has 0 spiro atoms. The molecule has 0 amide bonds. The van der Waals surface area contributed by atoms with Crippen LogP contribution in [0.1, 0.15) is 0 Å². The Hall–Kier alpha value is 0.1000. The molecule has 0 aromatic heterocycles. The van der Waals surface area contributed by atoms with Gasteiger partial charge in [0, 0.05) is 17.6 Å². The summed E-state index contributed by atoms with van der Waals surface area (Å²) >= 11 is 3.15. The standard InChI is InChI=1S/C6H12BrNO2/c1-5(7)2-8-3-6(10)4-9/h6,8-10H,1-4H2/t6-/m0/s1. The number of rotatable bonds is 5. The second-order valence-electron chi connectivity index (χ2n) is 1.98. The minimum Gasteiger partial charge on any atom is -0.394 e. The van der Waals surface area contributed by atoms with Gasteiger partial charge in [0.2, 0.25) is 0 Å². The highest BCUT2D eigenvalue weighted by atomic mass is 79.9. The van der Waals surface area contributed by atoms with E-state index in [0.717, 1.165) is 4.48 Å². The van der Waals surface area contributed by atoms with Crippen LogP contribution in [0.2, 0.25) is 0 Å². The van der Waals surface area contributed by atoms with E-state index in [4.69, 9.17) is 10.2 Å². The van der Waals surface area contributed by atoms with Crippen molar-refractivity contribution in [3.8, 4) is 0 Å². The molecule has 0 heterocycles. The molecular formula is C6H12BrNO2. The van der Waals surface area contributed by atoms with Gasteiger partial charge in [-0.05, 0) is 0 Å². The summed E-state index contributed by atoms with van der Waals surface area (Å²) in [5.41, 5.74) is 0. The van der Waals surface area contributed by atoms with E-state index in [2.05, 4.69) is 27.8 Å². The van der Waals surface area contributed by atoms with Crippen molar-refractivity contribution in [2.24, 2.45) is 0 Å². The SMILES string of the molecule is C=C(Br)CNC[C@H](O)CO. The van der Waals surface area contributed by atoms with Gasteiger partial charge in [0.25, 0.3) is 0 Å². The molecule has 0 aromatic rings. The van der Waals surface area contributed by atoms with Crippen molar-refractivity contribution in [3.63, 3.8) is 0 Å². The monoisotopic (exact) mass is 209 g/mol. The summed E-state index contributed by atoms with van der Waals surface area (Å²) in [5.74, 6) is 0. The Morgan fingerprint density at radius 2 is 2.30 bits per heavy atom. The Kier molecular flexibility index (Phi) is 5.91. The van der Waals surface area contributed by atoms with Crippen LogP contribution in [-0.2, 0) is 0 Å². The lowest BCUT2D eigenvalue weighted by molar-refractivity contribution is 0.0953. The molecule has 0 aliphatic carbocycles. The zero-order valence-corrected chi connectivity index (χ0v) is 7.26. The first-order chi connectivity index (χ1) is 4.66. The Morgan fingerprint density at radius 1 is 1.70 bits per heavy atom. The van der Waals surface area contributed by atoms with E-state index < -0.39 is 6.10 Å². The van der Waals surface area contributed by atoms with Crippen molar-refractivity contribution in [1.29, 1.82) is 0 Å². The maximum Gasteiger partial charge on any atom is 0.0895 e. The van der Waals surface area contributed by atoms with E-state index in [0.29, 0.717) is 13.1 Å². The highest BCUT2D eigenvalue weighted by Crippen LogP contribution is 1.96. The fourth-order valence-electron chi connectivity index (χ4n) is 0.439. The number of aliphatic hydroxyl groups excluding tert-OH is 2. The molecule has 10 heavy (non-hydrogen) atoms. The molecule has 3 N–H and O–H groups in total. The Balaban J connectivity index is 3.11. The molecule has 4 heteroatoms. The number of hydrogen-bond acceptors (Lipinski definition) is 3. The summed E-state index contributed by atoms with van der Waals surface area (Å²) in [6.45, 7) is 4.38. The minimum atomic E-state index is -0.674. The number of nitrogens with one attached hydrogen (secondary N) is 1. The Labute approximate surface area is 68.9 Å². The number of aliphatic hydroxyl groups is 2. The van der Waals surface area contributed by atoms with Gasteiger partial charge in [-0.1, -0.05) is 22.5 Å². The van der Waals surface area contributed by atoms with Crippen molar-refractivity contribution in [1.82, 2.24) is 5.32 Å². The van der Waals surface area contributed by atoms with Crippen molar-refractivity contribution in [3.05, 3.63) is 11.1 Å². The molecule has 1 atom stereocenters. The van der Waals surface area contributed by atoms with Crippen LogP contribution in [0.4, 0.5) is 0 Å². The Bertz CT molecular complexity index is 108. The third kappa shape index (κ3) is 6.22. The summed E-state index contributed by atoms with van der Waals surface area (Å²) in [5, 5.41) is 20.1. The second-order valence-corrected chi connectivity index (χ2v) is 3.11. The number of hydrogen-bond donors (Lipinski definition) is 3. The molecule has 0 saturated carbocycles. The first kappa shape index (κ1) is 10.1. The lowest BCUT2D eigenvalue weighted by Crippen LogP contribution is -2.29. The molecule has 0 aromatic carbocycles. The van der Waals surface area contributed by atoms with E-state index in [9.17, 15) is 0 Å². The molecule has 0 rings (SSSR count). The molecule has 60 valence electrons. The smallest absolute Gasteiger partial charge is 0.0895 e. The van der Waals surface area contributed by atoms with E-state index in [-0.39, 0.29) is 6.61 Å². The average molecular weight is 210 g/mol. The van der Waals surface area contributed by atoms with E-state index >= 15 is 0 Å². The largest absolute Gasteiger partial charge is 0.394 e. The molecule has 0 radical (unpaired) electrons. The van der Waals surface area contributed by atoms with Crippen molar-refractivity contribution in [2.75, 3.05) is 19.7 Å². The van der Waals surface area contributed by atoms with Crippen LogP contribution in [0.15, 0.2) is 11.1 Å². The molecule has 0 fully saturated rings. The summed E-state index contributed by atoms with van der Waals surface area (Å²) in [7, 11) is 0. The molecule has 0 aliphatic rings. The third-order valence-corrected chi connectivity index (χ3v) is 1.19. The molecule has 0 unspecified atom stereocenters. The predicted molar refractivity (Wildman–Crippen MR) is 44.0 cm³/mol. The molecule has 0 saturated heterocycles. The molecular weight excluding hydrogens is 198 g/mol. The zero-order valence-electron chi connectivity index (χ0n) is 5.68. The van der Waals surface area contributed by atoms with Crippen molar-refractivity contribution in [2.45, 2.75) is 6.10 Å². The van der Waals surface area contributed by atoms with Gasteiger partial charge in [0.05, 0.1) is 12.7 Å². The lowest BCUT2D eigenvalue weighted by Gasteiger charge is -2.07. The van der Waals surface area contributed by atoms with Crippen molar-refractivity contribution < 1.29 is 10.2 Å². The maximum absolute atomic E-state index is 8.81. The van der Waals surface area contributed by atoms with Gasteiger partial charge in [-0.25, -0.2) is 0 Å². The average Bonchev–Trinajstić information content (AvgIpc) is 1.87. The fourth-order valence-corrected chi connectivity index (χ4v) is 0.637. The summed E-state index contributed by atoms with van der Waals surface area (Å²) in [6, 6.07) is 0. The van der Waals surface area contributed by atoms with Gasteiger partial charge in [-0.15, -0.1) is 0 Å². The lowest BCUT2D eigenvalue weighted by atomic mass is 10.4. The van der Waals surface area contributed by atoms with Gasteiger partial charge in [0.1, 0.15) is 0 Å². The van der Waals surface area contributed by atoms with Crippen LogP contribution in [0.25, 0.3) is 0 Å². The Morgan fingerprint density at radius 3 is 2.70 bits per heavy atom. The number of halogens is 1. The van der Waals surface area contributed by atoms with Crippen molar-refractivity contribution >= 4 is 15.9 Å². The zero-order chi connectivity index (χ0) is 7.98. The van der Waals surface area contributed by atoms with Gasteiger partial charge in [-0.2, -0.15) is 0 Å². The van der Waals surface area contributed by atoms with Gasteiger partial charge >= 0.3 is 0 Å². The van der Waals surface area contributed by atoms with Crippen LogP contribution < -0.4 is 5.32 Å². The quantitative estimate of drug-likeness (QED) is 0.590. The van der Waals surface area contributed by atoms with Crippen LogP contribution in [0, 0.1) is 0 Å². The molecule has 3 nitrogen and oxygen atoms in total. The highest BCUT2D eigenvalue weighted by molar-refractivity contribution is 9.11. The topological polar surface area (TPSA) is 52.5 Å². The first-order valence-corrected chi connectivity index (χ1v) is 3.79. The summed E-state index contributed by atoms with van der Waals surface area (Å²) in [4.78, 5) is 0. The minimum absolute atomic E-state index is 0.207. The van der Waals surface area contributed by atoms with Crippen LogP contribution in [0.3, 0.4) is 0 Å². The molecule has 0 bridgehead atoms. The fraction of sp³-hybridized carbons (Fsp3) is 0.667. The second kappa shape index (κ2) is 5.85. The third-order valence-electron chi connectivity index (χ3n) is 0.908. The van der Waals surface area contributed by atoms with Gasteiger partial charge < -0.3 is 15.5 Å². The van der Waals surface area contributed by atoms with E-state index in [1.165, 1.54) is 0 Å². The summed E-state index contributed by atoms with van der Waals surface area (Å²) in [6.07, 6.45) is -0.674. The maximum atomic E-state index is 8.81. The highest BCUT2D eigenvalue weighted by Gasteiger charge is 1.99. The summed E-state index contributed by atoms with van der Waals surface area (Å²) < 4.78 is 0.831. The predicted octanol–water partition coefficient (Wildman–Crippen LogP) is -0.162. The van der Waals surface area contributed by atoms with Crippen LogP contribution in [0.5, 0.6) is 0 Å². The van der Waals surface area contributed by atoms with Crippen LogP contribution in [-0.4, -0.2) is 36.0 Å². The van der Waals surface area contributed by atoms with Crippen LogP contribution >= 0.6 is 15.9 Å². The normalized spacial score (nSPS) is 13.1.